The minimum Gasteiger partial charge on any atom is -0.348 e. The SMILES string of the molecule is CCC(CC)NC(=O)c1ccc(NC(=O)C2=NNC3CC=C(c4cncc(CN5CCC(F)(F)CC5)c4)C=C23)cn1. The first-order valence-corrected chi connectivity index (χ1v) is 14.1. The lowest BCUT2D eigenvalue weighted by atomic mass is 9.89. The Morgan fingerprint density at radius 3 is 2.61 bits per heavy atom. The fourth-order valence-corrected chi connectivity index (χ4v) is 5.22. The van der Waals surface area contributed by atoms with Crippen molar-refractivity contribution in [2.75, 3.05) is 18.4 Å². The first-order chi connectivity index (χ1) is 19.7. The van der Waals surface area contributed by atoms with E-state index in [-0.39, 0.29) is 48.1 Å². The van der Waals surface area contributed by atoms with Crippen LogP contribution in [0.25, 0.3) is 5.57 Å². The van der Waals surface area contributed by atoms with Crippen LogP contribution in [0.3, 0.4) is 0 Å². The summed E-state index contributed by atoms with van der Waals surface area (Å²) >= 11 is 0. The van der Waals surface area contributed by atoms with Gasteiger partial charge in [-0.05, 0) is 54.7 Å². The second-order valence-electron chi connectivity index (χ2n) is 10.7. The van der Waals surface area contributed by atoms with E-state index in [1.54, 1.807) is 24.5 Å². The van der Waals surface area contributed by atoms with Gasteiger partial charge in [0.05, 0.1) is 17.9 Å². The van der Waals surface area contributed by atoms with E-state index in [1.165, 1.54) is 6.20 Å². The number of aromatic nitrogens is 2. The van der Waals surface area contributed by atoms with Crippen molar-refractivity contribution >= 4 is 28.8 Å². The molecule has 2 amide bonds. The molecule has 5 rings (SSSR count). The van der Waals surface area contributed by atoms with Gasteiger partial charge in [-0.15, -0.1) is 0 Å². The number of hydrazone groups is 1. The number of likely N-dealkylation sites (tertiary alicyclic amines) is 1. The standard InChI is InChI=1S/C30H35F2N7O2/c1-3-22(4-2)35-28(40)26-8-6-23(17-34-26)36-29(41)27-24-14-20(5-7-25(24)37-38-27)21-13-19(15-33-16-21)18-39-11-9-30(31,32)10-12-39/h5-6,8,13-17,22,25,37H,3-4,7,9-12,18H2,1-2H3,(H,35,40)(H,36,41). The summed E-state index contributed by atoms with van der Waals surface area (Å²) in [4.78, 5) is 36.2. The molecular formula is C30H35F2N7O2. The highest BCUT2D eigenvalue weighted by Gasteiger charge is 2.34. The van der Waals surface area contributed by atoms with Gasteiger partial charge in [-0.1, -0.05) is 19.9 Å². The number of allylic oxidation sites excluding steroid dienone is 2. The maximum atomic E-state index is 13.5. The van der Waals surface area contributed by atoms with Crippen molar-refractivity contribution < 1.29 is 18.4 Å². The molecule has 0 bridgehead atoms. The number of carbonyl (C=O) groups is 2. The summed E-state index contributed by atoms with van der Waals surface area (Å²) in [5.74, 6) is -3.19. The molecule has 4 heterocycles. The van der Waals surface area contributed by atoms with E-state index in [2.05, 4.69) is 37.2 Å². The van der Waals surface area contributed by atoms with Crippen molar-refractivity contribution in [2.24, 2.45) is 5.10 Å². The molecule has 0 saturated carbocycles. The van der Waals surface area contributed by atoms with Gasteiger partial charge in [0.1, 0.15) is 5.69 Å². The fraction of sp³-hybridized carbons (Fsp3) is 0.433. The van der Waals surface area contributed by atoms with Gasteiger partial charge in [-0.25, -0.2) is 13.8 Å². The highest BCUT2D eigenvalue weighted by molar-refractivity contribution is 6.49. The van der Waals surface area contributed by atoms with Crippen LogP contribution in [0.1, 0.15) is 67.6 Å². The summed E-state index contributed by atoms with van der Waals surface area (Å²) in [6, 6.07) is 5.24. The van der Waals surface area contributed by atoms with Crippen molar-refractivity contribution in [3.63, 3.8) is 0 Å². The van der Waals surface area contributed by atoms with E-state index in [9.17, 15) is 18.4 Å². The molecule has 0 spiro atoms. The molecular weight excluding hydrogens is 528 g/mol. The van der Waals surface area contributed by atoms with E-state index < -0.39 is 5.92 Å². The molecule has 1 fully saturated rings. The van der Waals surface area contributed by atoms with Gasteiger partial charge in [-0.3, -0.25) is 19.5 Å². The van der Waals surface area contributed by atoms with Crippen LogP contribution >= 0.6 is 0 Å². The maximum Gasteiger partial charge on any atom is 0.276 e. The number of piperidine rings is 1. The van der Waals surface area contributed by atoms with Gasteiger partial charge in [-0.2, -0.15) is 5.10 Å². The maximum absolute atomic E-state index is 13.5. The van der Waals surface area contributed by atoms with Crippen LogP contribution in [0.15, 0.2) is 59.6 Å². The summed E-state index contributed by atoms with van der Waals surface area (Å²) < 4.78 is 27.1. The summed E-state index contributed by atoms with van der Waals surface area (Å²) in [5, 5.41) is 10.1. The lowest BCUT2D eigenvalue weighted by molar-refractivity contribution is -0.110. The van der Waals surface area contributed by atoms with Crippen molar-refractivity contribution in [1.29, 1.82) is 0 Å². The third-order valence-electron chi connectivity index (χ3n) is 7.78. The van der Waals surface area contributed by atoms with Crippen molar-refractivity contribution in [3.8, 4) is 0 Å². The second kappa shape index (κ2) is 12.3. The summed E-state index contributed by atoms with van der Waals surface area (Å²) in [7, 11) is 0. The molecule has 1 atom stereocenters. The van der Waals surface area contributed by atoms with Gasteiger partial charge in [0.2, 0.25) is 0 Å². The number of halogens is 2. The normalized spacial score (nSPS) is 19.9. The van der Waals surface area contributed by atoms with E-state index in [0.717, 1.165) is 35.1 Å². The number of hydrogen-bond donors (Lipinski definition) is 3. The lowest BCUT2D eigenvalue weighted by Crippen LogP contribution is -2.38. The van der Waals surface area contributed by atoms with Crippen LogP contribution in [0.4, 0.5) is 14.5 Å². The Labute approximate surface area is 238 Å². The third-order valence-corrected chi connectivity index (χ3v) is 7.78. The van der Waals surface area contributed by atoms with E-state index in [1.807, 2.05) is 30.9 Å². The molecule has 2 aromatic rings. The molecule has 11 heteroatoms. The van der Waals surface area contributed by atoms with Gasteiger partial charge >= 0.3 is 0 Å². The van der Waals surface area contributed by atoms with Gasteiger partial charge < -0.3 is 16.1 Å². The second-order valence-corrected chi connectivity index (χ2v) is 10.7. The zero-order chi connectivity index (χ0) is 29.0. The molecule has 3 N–H and O–H groups in total. The summed E-state index contributed by atoms with van der Waals surface area (Å²) in [6.07, 6.45) is 11.1. The number of fused-ring (bicyclic) bond motifs is 1. The Morgan fingerprint density at radius 1 is 1.12 bits per heavy atom. The molecule has 1 saturated heterocycles. The minimum atomic E-state index is -2.57. The molecule has 216 valence electrons. The largest absolute Gasteiger partial charge is 0.348 e. The number of hydrogen-bond acceptors (Lipinski definition) is 7. The Hall–Kier alpha value is -3.99. The lowest BCUT2D eigenvalue weighted by Gasteiger charge is -2.31. The molecule has 2 aliphatic heterocycles. The molecule has 0 aromatic carbocycles. The Bertz CT molecular complexity index is 1370. The van der Waals surface area contributed by atoms with Crippen molar-refractivity contribution in [2.45, 2.75) is 70.5 Å². The Morgan fingerprint density at radius 2 is 1.90 bits per heavy atom. The molecule has 41 heavy (non-hydrogen) atoms. The number of alkyl halides is 2. The zero-order valence-electron chi connectivity index (χ0n) is 23.3. The van der Waals surface area contributed by atoms with Crippen LogP contribution in [0.5, 0.6) is 0 Å². The van der Waals surface area contributed by atoms with Crippen LogP contribution < -0.4 is 16.1 Å². The quantitative estimate of drug-likeness (QED) is 0.420. The van der Waals surface area contributed by atoms with Crippen molar-refractivity contribution in [1.82, 2.24) is 25.6 Å². The van der Waals surface area contributed by atoms with Crippen LogP contribution in [-0.4, -0.2) is 63.5 Å². The Kier molecular flexibility index (Phi) is 8.53. The third kappa shape index (κ3) is 6.84. The Balaban J connectivity index is 1.23. The minimum absolute atomic E-state index is 0.0935. The van der Waals surface area contributed by atoms with Crippen molar-refractivity contribution in [3.05, 3.63) is 71.3 Å². The number of rotatable bonds is 9. The average Bonchev–Trinajstić information content (AvgIpc) is 3.41. The summed E-state index contributed by atoms with van der Waals surface area (Å²) in [6.45, 7) is 5.31. The monoisotopic (exact) mass is 563 g/mol. The molecule has 3 aliphatic rings. The molecule has 2 aromatic heterocycles. The van der Waals surface area contributed by atoms with Gasteiger partial charge in [0.15, 0.2) is 5.71 Å². The first kappa shape index (κ1) is 28.5. The molecule has 0 radical (unpaired) electrons. The zero-order valence-corrected chi connectivity index (χ0v) is 23.3. The first-order valence-electron chi connectivity index (χ1n) is 14.1. The topological polar surface area (TPSA) is 112 Å². The van der Waals surface area contributed by atoms with Gasteiger partial charge in [0, 0.05) is 62.0 Å². The van der Waals surface area contributed by atoms with Crippen LogP contribution in [0, 0.1) is 0 Å². The highest BCUT2D eigenvalue weighted by Crippen LogP contribution is 2.31. The predicted octanol–water partition coefficient (Wildman–Crippen LogP) is 4.31. The smallest absolute Gasteiger partial charge is 0.276 e. The number of anilines is 1. The average molecular weight is 564 g/mol. The highest BCUT2D eigenvalue weighted by atomic mass is 19.3. The van der Waals surface area contributed by atoms with E-state index in [4.69, 9.17) is 0 Å². The number of nitrogens with one attached hydrogen (secondary N) is 3. The van der Waals surface area contributed by atoms with E-state index in [0.29, 0.717) is 31.7 Å². The molecule has 9 nitrogen and oxygen atoms in total. The number of pyridine rings is 2. The predicted molar refractivity (Wildman–Crippen MR) is 153 cm³/mol. The number of amides is 2. The number of nitrogens with zero attached hydrogens (tertiary/aromatic N) is 4. The number of carbonyl (C=O) groups excluding carboxylic acids is 2. The van der Waals surface area contributed by atoms with Gasteiger partial charge in [0.25, 0.3) is 17.7 Å². The molecule has 1 aliphatic carbocycles. The fourth-order valence-electron chi connectivity index (χ4n) is 5.22. The van der Waals surface area contributed by atoms with E-state index >= 15 is 0 Å². The van der Waals surface area contributed by atoms with Crippen LogP contribution in [0.2, 0.25) is 0 Å². The summed E-state index contributed by atoms with van der Waals surface area (Å²) in [5.41, 5.74) is 7.62. The molecule has 1 unspecified atom stereocenters. The van der Waals surface area contributed by atoms with Crippen LogP contribution in [-0.2, 0) is 11.3 Å².